The second-order valence-corrected chi connectivity index (χ2v) is 5.57. The molecule has 2 amide bonds. The van der Waals surface area contributed by atoms with Crippen LogP contribution in [0, 0.1) is 11.7 Å². The molecule has 0 bridgehead atoms. The van der Waals surface area contributed by atoms with E-state index >= 15 is 0 Å². The number of benzene rings is 1. The van der Waals surface area contributed by atoms with Crippen molar-refractivity contribution in [2.45, 2.75) is 19.3 Å². The molecule has 0 radical (unpaired) electrons. The Balaban J connectivity index is 0.00000264. The summed E-state index contributed by atoms with van der Waals surface area (Å²) in [7, 11) is 0. The van der Waals surface area contributed by atoms with Crippen molar-refractivity contribution in [1.29, 1.82) is 0 Å². The van der Waals surface area contributed by atoms with Crippen LogP contribution < -0.4 is 11.1 Å². The fourth-order valence-electron chi connectivity index (χ4n) is 2.69. The van der Waals surface area contributed by atoms with Crippen LogP contribution in [-0.2, 0) is 16.0 Å². The largest absolute Gasteiger partial charge is 0.355 e. The van der Waals surface area contributed by atoms with Crippen LogP contribution in [0.1, 0.15) is 18.4 Å². The molecule has 1 fully saturated rings. The first-order valence-corrected chi connectivity index (χ1v) is 7.60. The standard InChI is InChI=1S/C16H22FN3O2.ClH/c17-14-5-1-3-12(9-14)10-15(21)20-8-2-4-13(11-20)16(22)19-7-6-18;/h1,3,5,9,13H,2,4,6-8,10-11,18H2,(H,19,22);1H. The number of rotatable bonds is 5. The molecule has 1 aromatic carbocycles. The van der Waals surface area contributed by atoms with Gasteiger partial charge in [-0.2, -0.15) is 0 Å². The Morgan fingerprint density at radius 3 is 2.87 bits per heavy atom. The summed E-state index contributed by atoms with van der Waals surface area (Å²) in [5, 5.41) is 2.77. The monoisotopic (exact) mass is 343 g/mol. The topological polar surface area (TPSA) is 75.4 Å². The number of nitrogens with one attached hydrogen (secondary N) is 1. The van der Waals surface area contributed by atoms with E-state index in [9.17, 15) is 14.0 Å². The van der Waals surface area contributed by atoms with Crippen LogP contribution in [0.5, 0.6) is 0 Å². The van der Waals surface area contributed by atoms with Crippen molar-refractivity contribution in [2.75, 3.05) is 26.2 Å². The van der Waals surface area contributed by atoms with Crippen molar-refractivity contribution in [2.24, 2.45) is 11.7 Å². The summed E-state index contributed by atoms with van der Waals surface area (Å²) in [4.78, 5) is 26.0. The lowest BCUT2D eigenvalue weighted by atomic mass is 9.96. The lowest BCUT2D eigenvalue weighted by Crippen LogP contribution is -2.46. The number of nitrogens with zero attached hydrogens (tertiary/aromatic N) is 1. The molecule has 7 heteroatoms. The van der Waals surface area contributed by atoms with Crippen molar-refractivity contribution in [3.05, 3.63) is 35.6 Å². The van der Waals surface area contributed by atoms with Crippen LogP contribution in [0.3, 0.4) is 0 Å². The van der Waals surface area contributed by atoms with E-state index in [2.05, 4.69) is 5.32 Å². The highest BCUT2D eigenvalue weighted by Crippen LogP contribution is 2.18. The molecule has 1 saturated heterocycles. The fraction of sp³-hybridized carbons (Fsp3) is 0.500. The molecule has 0 spiro atoms. The normalized spacial score (nSPS) is 17.3. The highest BCUT2D eigenvalue weighted by atomic mass is 35.5. The van der Waals surface area contributed by atoms with E-state index in [0.29, 0.717) is 31.7 Å². The van der Waals surface area contributed by atoms with E-state index in [1.165, 1.54) is 12.1 Å². The zero-order chi connectivity index (χ0) is 15.9. The van der Waals surface area contributed by atoms with Crippen LogP contribution in [-0.4, -0.2) is 42.9 Å². The first-order valence-electron chi connectivity index (χ1n) is 7.60. The van der Waals surface area contributed by atoms with Crippen molar-refractivity contribution < 1.29 is 14.0 Å². The molecule has 1 atom stereocenters. The molecule has 2 rings (SSSR count). The Morgan fingerprint density at radius 2 is 2.17 bits per heavy atom. The second kappa shape index (κ2) is 9.47. The number of hydrogen-bond acceptors (Lipinski definition) is 3. The maximum atomic E-state index is 13.2. The van der Waals surface area contributed by atoms with Gasteiger partial charge in [0.05, 0.1) is 12.3 Å². The van der Waals surface area contributed by atoms with E-state index in [1.807, 2.05) is 0 Å². The van der Waals surface area contributed by atoms with Gasteiger partial charge >= 0.3 is 0 Å². The van der Waals surface area contributed by atoms with E-state index in [4.69, 9.17) is 5.73 Å². The smallest absolute Gasteiger partial charge is 0.227 e. The van der Waals surface area contributed by atoms with Gasteiger partial charge < -0.3 is 16.0 Å². The van der Waals surface area contributed by atoms with Crippen LogP contribution in [0.15, 0.2) is 24.3 Å². The molecule has 1 heterocycles. The number of amides is 2. The molecule has 128 valence electrons. The number of hydrogen-bond donors (Lipinski definition) is 2. The lowest BCUT2D eigenvalue weighted by molar-refractivity contribution is -0.135. The second-order valence-electron chi connectivity index (χ2n) is 5.57. The molecular formula is C16H23ClFN3O2. The predicted octanol–water partition coefficient (Wildman–Crippen LogP) is 1.10. The molecule has 1 aliphatic heterocycles. The molecule has 1 unspecified atom stereocenters. The highest BCUT2D eigenvalue weighted by Gasteiger charge is 2.28. The third-order valence-electron chi connectivity index (χ3n) is 3.83. The van der Waals surface area contributed by atoms with Gasteiger partial charge in [0.25, 0.3) is 0 Å². The van der Waals surface area contributed by atoms with Gasteiger partial charge in [0.2, 0.25) is 11.8 Å². The predicted molar refractivity (Wildman–Crippen MR) is 88.7 cm³/mol. The van der Waals surface area contributed by atoms with Crippen molar-refractivity contribution >= 4 is 24.2 Å². The maximum Gasteiger partial charge on any atom is 0.227 e. The molecule has 0 aromatic heterocycles. The molecule has 23 heavy (non-hydrogen) atoms. The van der Waals surface area contributed by atoms with Gasteiger partial charge in [0, 0.05) is 26.2 Å². The van der Waals surface area contributed by atoms with Gasteiger partial charge in [-0.15, -0.1) is 12.4 Å². The molecule has 0 aliphatic carbocycles. The van der Waals surface area contributed by atoms with Crippen LogP contribution >= 0.6 is 12.4 Å². The summed E-state index contributed by atoms with van der Waals surface area (Å²) in [5.41, 5.74) is 6.02. The number of carbonyl (C=O) groups excluding carboxylic acids is 2. The van der Waals surface area contributed by atoms with Gasteiger partial charge in [0.15, 0.2) is 0 Å². The minimum absolute atomic E-state index is 0. The van der Waals surface area contributed by atoms with Crippen LogP contribution in [0.2, 0.25) is 0 Å². The summed E-state index contributed by atoms with van der Waals surface area (Å²) < 4.78 is 13.2. The number of carbonyl (C=O) groups is 2. The Labute approximate surface area is 141 Å². The van der Waals surface area contributed by atoms with Gasteiger partial charge in [0.1, 0.15) is 5.82 Å². The van der Waals surface area contributed by atoms with Gasteiger partial charge in [-0.25, -0.2) is 4.39 Å². The number of piperidine rings is 1. The first-order chi connectivity index (χ1) is 10.6. The number of halogens is 2. The average Bonchev–Trinajstić information content (AvgIpc) is 2.52. The highest BCUT2D eigenvalue weighted by molar-refractivity contribution is 5.85. The minimum atomic E-state index is -0.344. The Bertz CT molecular complexity index is 542. The quantitative estimate of drug-likeness (QED) is 0.840. The number of nitrogens with two attached hydrogens (primary N) is 1. The molecule has 5 nitrogen and oxygen atoms in total. The van der Waals surface area contributed by atoms with Crippen LogP contribution in [0.25, 0.3) is 0 Å². The SMILES string of the molecule is Cl.NCCNC(=O)C1CCCN(C(=O)Cc2cccc(F)c2)C1. The average molecular weight is 344 g/mol. The molecule has 1 aliphatic rings. The third-order valence-corrected chi connectivity index (χ3v) is 3.83. The van der Waals surface area contributed by atoms with Gasteiger partial charge in [-0.1, -0.05) is 12.1 Å². The van der Waals surface area contributed by atoms with Crippen LogP contribution in [0.4, 0.5) is 4.39 Å². The minimum Gasteiger partial charge on any atom is -0.355 e. The van der Waals surface area contributed by atoms with Crippen molar-refractivity contribution in [3.63, 3.8) is 0 Å². The van der Waals surface area contributed by atoms with E-state index < -0.39 is 0 Å². The summed E-state index contributed by atoms with van der Waals surface area (Å²) in [6.45, 7) is 1.92. The Kier molecular flexibility index (Phi) is 7.98. The zero-order valence-corrected chi connectivity index (χ0v) is 13.8. The molecular weight excluding hydrogens is 321 g/mol. The van der Waals surface area contributed by atoms with Gasteiger partial charge in [-0.05, 0) is 30.5 Å². The maximum absolute atomic E-state index is 13.2. The summed E-state index contributed by atoms with van der Waals surface area (Å²) in [6.07, 6.45) is 1.74. The molecule has 3 N–H and O–H groups in total. The van der Waals surface area contributed by atoms with E-state index in [0.717, 1.165) is 12.8 Å². The first kappa shape index (κ1) is 19.4. The van der Waals surface area contributed by atoms with E-state index in [1.54, 1.807) is 17.0 Å². The van der Waals surface area contributed by atoms with Crippen molar-refractivity contribution in [3.8, 4) is 0 Å². The summed E-state index contributed by atoms with van der Waals surface area (Å²) in [6, 6.07) is 6.05. The summed E-state index contributed by atoms with van der Waals surface area (Å²) in [5.74, 6) is -0.643. The molecule has 1 aromatic rings. The Hall–Kier alpha value is -1.66. The van der Waals surface area contributed by atoms with Gasteiger partial charge in [-0.3, -0.25) is 9.59 Å². The lowest BCUT2D eigenvalue weighted by Gasteiger charge is -2.32. The Morgan fingerprint density at radius 1 is 1.39 bits per heavy atom. The van der Waals surface area contributed by atoms with E-state index in [-0.39, 0.29) is 42.4 Å². The third kappa shape index (κ3) is 5.80. The zero-order valence-electron chi connectivity index (χ0n) is 13.0. The van der Waals surface area contributed by atoms with Crippen molar-refractivity contribution in [1.82, 2.24) is 10.2 Å². The summed E-state index contributed by atoms with van der Waals surface area (Å²) >= 11 is 0. The fourth-order valence-corrected chi connectivity index (χ4v) is 2.69. The molecule has 0 saturated carbocycles. The number of likely N-dealkylation sites (tertiary alicyclic amines) is 1.